The van der Waals surface area contributed by atoms with E-state index < -0.39 is 18.1 Å². The van der Waals surface area contributed by atoms with Crippen LogP contribution in [0.15, 0.2) is 42.7 Å². The zero-order valence-corrected chi connectivity index (χ0v) is 18.3. The van der Waals surface area contributed by atoms with Crippen molar-refractivity contribution >= 4 is 11.9 Å². The number of nitrogens with zero attached hydrogens (tertiary/aromatic N) is 1. The number of benzene rings is 1. The molecule has 0 atom stereocenters. The first-order valence-electron chi connectivity index (χ1n) is 10.5. The van der Waals surface area contributed by atoms with Gasteiger partial charge in [0, 0.05) is 18.0 Å². The molecule has 174 valence electrons. The summed E-state index contributed by atoms with van der Waals surface area (Å²) >= 11 is 0. The highest BCUT2D eigenvalue weighted by Crippen LogP contribution is 2.39. The standard InChI is InChI=1S/C22H28N2O.C2HF3O2/c1-22(2)11-9-17(10-12-22)4-3-16-5-7-18(8-6-16)19-13-20(21(23)25)15-24-14-19;3-2(4,5)1(6)7/h5-8,13-15,17H,3-4,9-12H2,1-2H3,(H2,23,25);(H,6,7). The van der Waals surface area contributed by atoms with Crippen LogP contribution >= 0.6 is 0 Å². The Morgan fingerprint density at radius 1 is 1.09 bits per heavy atom. The summed E-state index contributed by atoms with van der Waals surface area (Å²) in [5, 5.41) is 7.12. The van der Waals surface area contributed by atoms with E-state index >= 15 is 0 Å². The molecule has 1 aromatic heterocycles. The minimum atomic E-state index is -5.08. The number of pyridine rings is 1. The molecule has 2 aromatic rings. The summed E-state index contributed by atoms with van der Waals surface area (Å²) < 4.78 is 31.7. The second kappa shape index (κ2) is 10.6. The van der Waals surface area contributed by atoms with E-state index in [0.717, 1.165) is 23.5 Å². The van der Waals surface area contributed by atoms with Crippen LogP contribution in [0.3, 0.4) is 0 Å². The minimum absolute atomic E-state index is 0.443. The largest absolute Gasteiger partial charge is 0.490 e. The summed E-state index contributed by atoms with van der Waals surface area (Å²) in [5.74, 6) is -2.32. The molecule has 1 aliphatic rings. The number of carboxylic acid groups (broad SMARTS) is 1. The van der Waals surface area contributed by atoms with Crippen molar-refractivity contribution in [3.8, 4) is 11.1 Å². The topological polar surface area (TPSA) is 93.3 Å². The Kier molecular flexibility index (Phi) is 8.41. The Balaban J connectivity index is 0.000000451. The smallest absolute Gasteiger partial charge is 0.475 e. The Morgan fingerprint density at radius 3 is 2.16 bits per heavy atom. The van der Waals surface area contributed by atoms with Gasteiger partial charge in [-0.15, -0.1) is 0 Å². The zero-order chi connectivity index (χ0) is 23.9. The number of halogens is 3. The molecule has 3 N–H and O–H groups in total. The van der Waals surface area contributed by atoms with Crippen LogP contribution in [0, 0.1) is 11.3 Å². The lowest BCUT2D eigenvalue weighted by Gasteiger charge is -2.34. The van der Waals surface area contributed by atoms with Gasteiger partial charge in [0.05, 0.1) is 5.56 Å². The predicted molar refractivity (Wildman–Crippen MR) is 116 cm³/mol. The number of carbonyl (C=O) groups is 2. The fraction of sp³-hybridized carbons (Fsp3) is 0.458. The van der Waals surface area contributed by atoms with Crippen molar-refractivity contribution in [2.24, 2.45) is 17.1 Å². The van der Waals surface area contributed by atoms with Crippen LogP contribution < -0.4 is 5.73 Å². The van der Waals surface area contributed by atoms with E-state index in [1.54, 1.807) is 12.3 Å². The SMILES string of the molecule is CC1(C)CCC(CCc2ccc(-c3cncc(C(N)=O)c3)cc2)CC1.O=C(O)C(F)(F)F. The summed E-state index contributed by atoms with van der Waals surface area (Å²) in [4.78, 5) is 24.3. The van der Waals surface area contributed by atoms with Gasteiger partial charge < -0.3 is 10.8 Å². The predicted octanol–water partition coefficient (Wildman–Crippen LogP) is 5.63. The quantitative estimate of drug-likeness (QED) is 0.617. The summed E-state index contributed by atoms with van der Waals surface area (Å²) in [6, 6.07) is 10.4. The number of aryl methyl sites for hydroxylation is 1. The minimum Gasteiger partial charge on any atom is -0.475 e. The van der Waals surface area contributed by atoms with Gasteiger partial charge in [-0.2, -0.15) is 13.2 Å². The number of alkyl halides is 3. The number of nitrogens with two attached hydrogens (primary N) is 1. The monoisotopic (exact) mass is 450 g/mol. The van der Waals surface area contributed by atoms with Crippen LogP contribution in [0.5, 0.6) is 0 Å². The summed E-state index contributed by atoms with van der Waals surface area (Å²) in [6.45, 7) is 4.79. The molecule has 32 heavy (non-hydrogen) atoms. The molecular weight excluding hydrogens is 421 g/mol. The number of hydrogen-bond acceptors (Lipinski definition) is 3. The molecule has 1 aliphatic carbocycles. The van der Waals surface area contributed by atoms with Gasteiger partial charge >= 0.3 is 12.1 Å². The van der Waals surface area contributed by atoms with Gasteiger partial charge in [0.25, 0.3) is 0 Å². The van der Waals surface area contributed by atoms with Gasteiger partial charge in [-0.3, -0.25) is 9.78 Å². The Bertz CT molecular complexity index is 915. The molecule has 3 rings (SSSR count). The number of amides is 1. The van der Waals surface area contributed by atoms with Crippen LogP contribution in [0.1, 0.15) is 61.9 Å². The molecule has 1 heterocycles. The molecule has 0 radical (unpaired) electrons. The number of primary amides is 1. The van der Waals surface area contributed by atoms with E-state index in [1.807, 2.05) is 0 Å². The molecule has 1 amide bonds. The van der Waals surface area contributed by atoms with Gasteiger partial charge in [0.1, 0.15) is 0 Å². The number of hydrogen-bond donors (Lipinski definition) is 2. The zero-order valence-electron chi connectivity index (χ0n) is 18.3. The second-order valence-electron chi connectivity index (χ2n) is 8.97. The third-order valence-corrected chi connectivity index (χ3v) is 5.85. The first-order valence-corrected chi connectivity index (χ1v) is 10.5. The highest BCUT2D eigenvalue weighted by atomic mass is 19.4. The van der Waals surface area contributed by atoms with E-state index in [-0.39, 0.29) is 0 Å². The normalized spacial score (nSPS) is 16.0. The van der Waals surface area contributed by atoms with Gasteiger partial charge in [0.15, 0.2) is 0 Å². The number of rotatable bonds is 5. The van der Waals surface area contributed by atoms with Crippen LogP contribution in [0.4, 0.5) is 13.2 Å². The maximum Gasteiger partial charge on any atom is 0.490 e. The van der Waals surface area contributed by atoms with Crippen LogP contribution in [-0.4, -0.2) is 28.1 Å². The van der Waals surface area contributed by atoms with E-state index in [4.69, 9.17) is 15.6 Å². The van der Waals surface area contributed by atoms with Crippen LogP contribution in [-0.2, 0) is 11.2 Å². The summed E-state index contributed by atoms with van der Waals surface area (Å²) in [5.41, 5.74) is 9.70. The molecule has 5 nitrogen and oxygen atoms in total. The molecule has 1 saturated carbocycles. The Morgan fingerprint density at radius 2 is 1.66 bits per heavy atom. The maximum absolute atomic E-state index is 11.3. The highest BCUT2D eigenvalue weighted by molar-refractivity contribution is 5.93. The fourth-order valence-corrected chi connectivity index (χ4v) is 3.71. The van der Waals surface area contributed by atoms with Gasteiger partial charge in [-0.1, -0.05) is 38.1 Å². The van der Waals surface area contributed by atoms with Crippen LogP contribution in [0.2, 0.25) is 0 Å². The number of aromatic nitrogens is 1. The second-order valence-corrected chi connectivity index (χ2v) is 8.97. The molecule has 0 saturated heterocycles. The van der Waals surface area contributed by atoms with Crippen molar-refractivity contribution in [2.75, 3.05) is 0 Å². The Hall–Kier alpha value is -2.90. The molecular formula is C24H29F3N2O3. The van der Waals surface area contributed by atoms with E-state index in [0.29, 0.717) is 11.0 Å². The van der Waals surface area contributed by atoms with Crippen molar-refractivity contribution < 1.29 is 27.9 Å². The van der Waals surface area contributed by atoms with Crippen molar-refractivity contribution in [3.63, 3.8) is 0 Å². The Labute approximate surface area is 185 Å². The first-order chi connectivity index (χ1) is 14.9. The lowest BCUT2D eigenvalue weighted by molar-refractivity contribution is -0.192. The third kappa shape index (κ3) is 7.98. The van der Waals surface area contributed by atoms with Crippen LogP contribution in [0.25, 0.3) is 11.1 Å². The molecule has 0 aliphatic heterocycles. The van der Waals surface area contributed by atoms with Crippen molar-refractivity contribution in [1.82, 2.24) is 4.98 Å². The van der Waals surface area contributed by atoms with E-state index in [2.05, 4.69) is 43.1 Å². The van der Waals surface area contributed by atoms with Crippen molar-refractivity contribution in [1.29, 1.82) is 0 Å². The molecule has 0 spiro atoms. The molecule has 0 unspecified atom stereocenters. The maximum atomic E-state index is 11.3. The number of carbonyl (C=O) groups excluding carboxylic acids is 1. The average Bonchev–Trinajstić information content (AvgIpc) is 2.73. The molecule has 0 bridgehead atoms. The first kappa shape index (κ1) is 25.4. The third-order valence-electron chi connectivity index (χ3n) is 5.85. The lowest BCUT2D eigenvalue weighted by Crippen LogP contribution is -2.21. The lowest BCUT2D eigenvalue weighted by atomic mass is 9.72. The van der Waals surface area contributed by atoms with Gasteiger partial charge in [0.2, 0.25) is 5.91 Å². The molecule has 1 fully saturated rings. The molecule has 1 aromatic carbocycles. The van der Waals surface area contributed by atoms with E-state index in [1.165, 1.54) is 43.9 Å². The van der Waals surface area contributed by atoms with Crippen molar-refractivity contribution in [3.05, 3.63) is 53.9 Å². The fourth-order valence-electron chi connectivity index (χ4n) is 3.71. The van der Waals surface area contributed by atoms with Gasteiger partial charge in [-0.25, -0.2) is 4.79 Å². The molecule has 8 heteroatoms. The van der Waals surface area contributed by atoms with Gasteiger partial charge in [-0.05, 0) is 67.1 Å². The number of aliphatic carboxylic acids is 1. The highest BCUT2D eigenvalue weighted by Gasteiger charge is 2.38. The van der Waals surface area contributed by atoms with E-state index in [9.17, 15) is 18.0 Å². The summed E-state index contributed by atoms with van der Waals surface area (Å²) in [6.07, 6.45) is 6.09. The number of carboxylic acids is 1. The summed E-state index contributed by atoms with van der Waals surface area (Å²) in [7, 11) is 0. The van der Waals surface area contributed by atoms with Crippen molar-refractivity contribution in [2.45, 2.75) is 58.5 Å². The average molecular weight is 451 g/mol.